The van der Waals surface area contributed by atoms with Gasteiger partial charge in [-0.3, -0.25) is 19.4 Å². The molecule has 0 radical (unpaired) electrons. The Morgan fingerprint density at radius 2 is 2.00 bits per heavy atom. The molecule has 182 valence electrons. The first kappa shape index (κ1) is 25.1. The summed E-state index contributed by atoms with van der Waals surface area (Å²) >= 11 is 1.41. The van der Waals surface area contributed by atoms with Crippen LogP contribution in [-0.2, 0) is 32.1 Å². The van der Waals surface area contributed by atoms with Crippen molar-refractivity contribution in [2.75, 3.05) is 41.9 Å². The molecule has 3 atom stereocenters. The molecule has 1 fully saturated rings. The number of hydroxylamine groups is 1. The number of nitrogens with one attached hydrogen (secondary N) is 2. The highest BCUT2D eigenvalue weighted by atomic mass is 32.1. The number of esters is 1. The maximum atomic E-state index is 13.1. The molecule has 11 nitrogen and oxygen atoms in total. The van der Waals surface area contributed by atoms with Crippen molar-refractivity contribution in [3.05, 3.63) is 15.6 Å². The minimum atomic E-state index is -0.676. The lowest BCUT2D eigenvalue weighted by atomic mass is 9.81. The average molecular weight is 481 g/mol. The predicted molar refractivity (Wildman–Crippen MR) is 123 cm³/mol. The first-order valence-electron chi connectivity index (χ1n) is 10.9. The second kappa shape index (κ2) is 11.0. The smallest absolute Gasteiger partial charge is 0.375 e. The van der Waals surface area contributed by atoms with E-state index in [1.165, 1.54) is 25.6 Å². The number of amides is 2. The van der Waals surface area contributed by atoms with Crippen molar-refractivity contribution in [1.82, 2.24) is 25.6 Å². The van der Waals surface area contributed by atoms with Crippen LogP contribution in [0.1, 0.15) is 39.6 Å². The van der Waals surface area contributed by atoms with E-state index in [1.807, 2.05) is 7.05 Å². The third kappa shape index (κ3) is 6.06. The van der Waals surface area contributed by atoms with Crippen molar-refractivity contribution in [3.63, 3.8) is 0 Å². The number of aliphatic imine (C=N–C) groups is 1. The quantitative estimate of drug-likeness (QED) is 0.265. The monoisotopic (exact) mass is 480 g/mol. The van der Waals surface area contributed by atoms with E-state index in [1.54, 1.807) is 19.0 Å². The number of carbonyl (C=O) groups excluding carboxylic acids is 3. The summed E-state index contributed by atoms with van der Waals surface area (Å²) in [5.74, 6) is -1.29. The Bertz CT molecular complexity index is 917. The molecule has 1 aliphatic heterocycles. The molecule has 0 bridgehead atoms. The number of hydrogen-bond donors (Lipinski definition) is 2. The lowest BCUT2D eigenvalue weighted by Crippen LogP contribution is -2.50. The van der Waals surface area contributed by atoms with Crippen LogP contribution in [0.25, 0.3) is 0 Å². The molecule has 33 heavy (non-hydrogen) atoms. The zero-order valence-corrected chi connectivity index (χ0v) is 20.5. The van der Waals surface area contributed by atoms with Crippen molar-refractivity contribution in [1.29, 1.82) is 0 Å². The minimum absolute atomic E-state index is 0.00707. The summed E-state index contributed by atoms with van der Waals surface area (Å²) in [5, 5.41) is 3.44. The van der Waals surface area contributed by atoms with E-state index >= 15 is 0 Å². The second-order valence-corrected chi connectivity index (χ2v) is 9.63. The molecule has 2 aliphatic rings. The van der Waals surface area contributed by atoms with Gasteiger partial charge in [-0.05, 0) is 32.7 Å². The van der Waals surface area contributed by atoms with Crippen LogP contribution in [0, 0.1) is 5.92 Å². The Balaban J connectivity index is 1.82. The van der Waals surface area contributed by atoms with Crippen LogP contribution < -0.4 is 10.8 Å². The molecule has 0 spiro atoms. The molecule has 0 saturated heterocycles. The summed E-state index contributed by atoms with van der Waals surface area (Å²) < 4.78 is 4.77. The number of carbonyl (C=O) groups is 3. The minimum Gasteiger partial charge on any atom is -0.463 e. The first-order valence-corrected chi connectivity index (χ1v) is 11.7. The van der Waals surface area contributed by atoms with Crippen LogP contribution in [0.5, 0.6) is 0 Å². The second-order valence-electron chi connectivity index (χ2n) is 8.54. The van der Waals surface area contributed by atoms with Gasteiger partial charge < -0.3 is 19.9 Å². The van der Waals surface area contributed by atoms with Gasteiger partial charge in [0.2, 0.25) is 11.7 Å². The van der Waals surface area contributed by atoms with Crippen LogP contribution in [0.3, 0.4) is 0 Å². The van der Waals surface area contributed by atoms with Crippen LogP contribution in [0.2, 0.25) is 0 Å². The van der Waals surface area contributed by atoms with Crippen LogP contribution >= 0.6 is 11.3 Å². The Hall–Kier alpha value is -2.57. The number of rotatable bonds is 5. The zero-order valence-electron chi connectivity index (χ0n) is 19.7. The van der Waals surface area contributed by atoms with Gasteiger partial charge in [0.15, 0.2) is 5.01 Å². The molecule has 1 aromatic rings. The van der Waals surface area contributed by atoms with Crippen molar-refractivity contribution in [2.45, 2.75) is 44.3 Å². The molecule has 1 saturated carbocycles. The molecule has 2 heterocycles. The lowest BCUT2D eigenvalue weighted by molar-refractivity contribution is -0.135. The number of ether oxygens (including phenoxy) is 1. The third-order valence-corrected chi connectivity index (χ3v) is 7.06. The van der Waals surface area contributed by atoms with Gasteiger partial charge in [0, 0.05) is 38.0 Å². The normalized spacial score (nSPS) is 23.4. The standard InChI is InChI=1S/C21H32N6O5S/c1-26(2)20(29)12-6-7-13(22-17(25-32-5)21(30)31-4)14(10-12)23-18(28)19-24-15-11-27(3)9-8-16(15)33-19/h12-14H,6-11H2,1-5H3,(H,22,25)(H,23,28)/t12-,13-,14+/m0/s1. The van der Waals surface area contributed by atoms with Gasteiger partial charge in [0.25, 0.3) is 5.91 Å². The Kier molecular flexibility index (Phi) is 8.38. The van der Waals surface area contributed by atoms with Gasteiger partial charge in [-0.25, -0.2) is 15.3 Å². The highest BCUT2D eigenvalue weighted by Crippen LogP contribution is 2.29. The van der Waals surface area contributed by atoms with Gasteiger partial charge in [-0.15, -0.1) is 11.3 Å². The van der Waals surface area contributed by atoms with E-state index in [-0.39, 0.29) is 23.6 Å². The number of likely N-dealkylation sites (N-methyl/N-ethyl adjacent to an activating group) is 1. The van der Waals surface area contributed by atoms with Crippen LogP contribution in [-0.4, -0.2) is 92.4 Å². The van der Waals surface area contributed by atoms with E-state index < -0.39 is 18.1 Å². The van der Waals surface area contributed by atoms with E-state index in [0.717, 1.165) is 30.1 Å². The van der Waals surface area contributed by atoms with Crippen molar-refractivity contribution in [2.24, 2.45) is 10.9 Å². The van der Waals surface area contributed by atoms with E-state index in [0.29, 0.717) is 24.3 Å². The van der Waals surface area contributed by atoms with Crippen LogP contribution in [0.4, 0.5) is 0 Å². The van der Waals surface area contributed by atoms with E-state index in [4.69, 9.17) is 9.57 Å². The summed E-state index contributed by atoms with van der Waals surface area (Å²) in [6, 6.07) is -0.889. The van der Waals surface area contributed by atoms with Crippen molar-refractivity contribution >= 4 is 35.0 Å². The maximum Gasteiger partial charge on any atom is 0.375 e. The molecule has 2 N–H and O–H groups in total. The topological polar surface area (TPSA) is 125 Å². The van der Waals surface area contributed by atoms with Crippen molar-refractivity contribution < 1.29 is 24.0 Å². The summed E-state index contributed by atoms with van der Waals surface area (Å²) in [4.78, 5) is 56.5. The Labute approximate surface area is 197 Å². The first-order chi connectivity index (χ1) is 15.7. The Morgan fingerprint density at radius 3 is 2.67 bits per heavy atom. The fourth-order valence-corrected chi connectivity index (χ4v) is 5.15. The number of hydrogen-bond acceptors (Lipinski definition) is 9. The lowest BCUT2D eigenvalue weighted by Gasteiger charge is -2.35. The number of fused-ring (bicyclic) bond motifs is 1. The summed E-state index contributed by atoms with van der Waals surface area (Å²) in [5.41, 5.74) is 3.39. The molecular weight excluding hydrogens is 448 g/mol. The molecule has 1 aliphatic carbocycles. The molecule has 12 heteroatoms. The van der Waals surface area contributed by atoms with Gasteiger partial charge in [-0.1, -0.05) is 0 Å². The maximum absolute atomic E-state index is 13.1. The largest absolute Gasteiger partial charge is 0.463 e. The van der Waals surface area contributed by atoms with Crippen molar-refractivity contribution in [3.8, 4) is 0 Å². The number of thiazole rings is 1. The van der Waals surface area contributed by atoms with Gasteiger partial charge in [0.1, 0.15) is 0 Å². The fourth-order valence-electron chi connectivity index (χ4n) is 4.19. The fraction of sp³-hybridized carbons (Fsp3) is 0.667. The summed E-state index contributed by atoms with van der Waals surface area (Å²) in [6.45, 7) is 1.66. The third-order valence-electron chi connectivity index (χ3n) is 5.91. The highest BCUT2D eigenvalue weighted by Gasteiger charge is 2.37. The molecule has 2 amide bonds. The molecule has 1 aromatic heterocycles. The van der Waals surface area contributed by atoms with Gasteiger partial charge >= 0.3 is 5.97 Å². The number of nitrogens with zero attached hydrogens (tertiary/aromatic N) is 4. The number of amidine groups is 1. The molecule has 0 unspecified atom stereocenters. The summed E-state index contributed by atoms with van der Waals surface area (Å²) in [7, 11) is 8.08. The number of aromatic nitrogens is 1. The van der Waals surface area contributed by atoms with Crippen LogP contribution in [0.15, 0.2) is 4.99 Å². The molecule has 3 rings (SSSR count). The average Bonchev–Trinajstić information content (AvgIpc) is 3.22. The summed E-state index contributed by atoms with van der Waals surface area (Å²) in [6.07, 6.45) is 2.39. The molecule has 0 aromatic carbocycles. The molecular formula is C21H32N6O5S. The number of methoxy groups -OCH3 is 1. The van der Waals surface area contributed by atoms with E-state index in [2.05, 4.69) is 25.7 Å². The Morgan fingerprint density at radius 1 is 1.24 bits per heavy atom. The zero-order chi connectivity index (χ0) is 24.1. The predicted octanol–water partition coefficient (Wildman–Crippen LogP) is 0.209. The van der Waals surface area contributed by atoms with Gasteiger partial charge in [0.05, 0.1) is 32.0 Å². The van der Waals surface area contributed by atoms with Gasteiger partial charge in [-0.2, -0.15) is 0 Å². The SMILES string of the molecule is CONC(=N[C@H]1CC[C@H](C(=O)N(C)C)C[C@H]1NC(=O)c1nc2c(s1)CCN(C)C2)C(=O)OC. The van der Waals surface area contributed by atoms with E-state index in [9.17, 15) is 14.4 Å². The highest BCUT2D eigenvalue weighted by molar-refractivity contribution is 7.13.